The van der Waals surface area contributed by atoms with E-state index in [1.54, 1.807) is 4.90 Å². The first-order valence-corrected chi connectivity index (χ1v) is 7.56. The van der Waals surface area contributed by atoms with Crippen LogP contribution in [0.3, 0.4) is 0 Å². The molecule has 1 aliphatic heterocycles. The Morgan fingerprint density at radius 2 is 1.90 bits per heavy atom. The van der Waals surface area contributed by atoms with Crippen LogP contribution in [0.1, 0.15) is 30.9 Å². The van der Waals surface area contributed by atoms with Crippen molar-refractivity contribution in [3.05, 3.63) is 35.4 Å². The largest absolute Gasteiger partial charge is 0.450 e. The minimum Gasteiger partial charge on any atom is -0.450 e. The van der Waals surface area contributed by atoms with E-state index in [1.807, 2.05) is 31.2 Å². The summed E-state index contributed by atoms with van der Waals surface area (Å²) in [6.45, 7) is 4.66. The number of rotatable bonds is 5. The van der Waals surface area contributed by atoms with E-state index in [1.165, 1.54) is 5.56 Å². The van der Waals surface area contributed by atoms with E-state index in [0.717, 1.165) is 38.0 Å². The third-order valence-corrected chi connectivity index (χ3v) is 3.82. The topological polar surface area (TPSA) is 61.8 Å². The molecule has 0 atom stereocenters. The average Bonchev–Trinajstić information content (AvgIpc) is 2.54. The molecule has 116 valence electrons. The van der Waals surface area contributed by atoms with E-state index in [-0.39, 0.29) is 12.7 Å². The van der Waals surface area contributed by atoms with E-state index >= 15 is 0 Å². The van der Waals surface area contributed by atoms with Crippen LogP contribution in [0.2, 0.25) is 0 Å². The molecule has 1 aromatic carbocycles. The van der Waals surface area contributed by atoms with Crippen molar-refractivity contribution in [2.45, 2.75) is 39.0 Å². The molecule has 0 bridgehead atoms. The minimum atomic E-state index is -0.199. The maximum absolute atomic E-state index is 11.6. The van der Waals surface area contributed by atoms with E-state index in [0.29, 0.717) is 12.6 Å². The number of nitrogens with zero attached hydrogens (tertiary/aromatic N) is 1. The van der Waals surface area contributed by atoms with Crippen LogP contribution in [0.5, 0.6) is 0 Å². The summed E-state index contributed by atoms with van der Waals surface area (Å²) in [7, 11) is 0. The van der Waals surface area contributed by atoms with Crippen LogP contribution in [-0.2, 0) is 17.9 Å². The smallest absolute Gasteiger partial charge is 0.409 e. The van der Waals surface area contributed by atoms with Gasteiger partial charge in [0.25, 0.3) is 0 Å². The van der Waals surface area contributed by atoms with Gasteiger partial charge in [0.2, 0.25) is 0 Å². The first kappa shape index (κ1) is 15.8. The summed E-state index contributed by atoms with van der Waals surface area (Å²) in [5, 5.41) is 12.5. The molecule has 1 heterocycles. The molecule has 0 spiro atoms. The number of ether oxygens (including phenoxy) is 1. The summed E-state index contributed by atoms with van der Waals surface area (Å²) in [5.74, 6) is 0. The lowest BCUT2D eigenvalue weighted by Gasteiger charge is -2.31. The number of benzene rings is 1. The number of piperidine rings is 1. The molecule has 5 nitrogen and oxygen atoms in total. The van der Waals surface area contributed by atoms with Crippen LogP contribution < -0.4 is 5.32 Å². The Labute approximate surface area is 125 Å². The summed E-state index contributed by atoms with van der Waals surface area (Å²) >= 11 is 0. The van der Waals surface area contributed by atoms with Crippen molar-refractivity contribution in [1.82, 2.24) is 10.2 Å². The fourth-order valence-corrected chi connectivity index (χ4v) is 2.51. The third-order valence-electron chi connectivity index (χ3n) is 3.82. The van der Waals surface area contributed by atoms with Crippen molar-refractivity contribution in [2.24, 2.45) is 0 Å². The number of hydrogen-bond donors (Lipinski definition) is 2. The van der Waals surface area contributed by atoms with Crippen LogP contribution in [-0.4, -0.2) is 41.8 Å². The maximum Gasteiger partial charge on any atom is 0.409 e. The van der Waals surface area contributed by atoms with Crippen molar-refractivity contribution in [3.63, 3.8) is 0 Å². The molecule has 1 fully saturated rings. The zero-order chi connectivity index (χ0) is 15.1. The Kier molecular flexibility index (Phi) is 6.02. The molecule has 1 aromatic rings. The van der Waals surface area contributed by atoms with Gasteiger partial charge in [0.05, 0.1) is 13.2 Å². The van der Waals surface area contributed by atoms with Crippen LogP contribution in [0.4, 0.5) is 4.79 Å². The molecule has 5 heteroatoms. The molecule has 1 saturated heterocycles. The normalized spacial score (nSPS) is 16.0. The lowest BCUT2D eigenvalue weighted by Crippen LogP contribution is -2.44. The Morgan fingerprint density at radius 1 is 1.29 bits per heavy atom. The van der Waals surface area contributed by atoms with Gasteiger partial charge in [-0.1, -0.05) is 24.3 Å². The SMILES string of the molecule is CCOC(=O)N1CCC(NCc2ccc(CO)cc2)CC1. The van der Waals surface area contributed by atoms with Crippen molar-refractivity contribution in [2.75, 3.05) is 19.7 Å². The van der Waals surface area contributed by atoms with Gasteiger partial charge in [-0.3, -0.25) is 0 Å². The Morgan fingerprint density at radius 3 is 2.48 bits per heavy atom. The Balaban J connectivity index is 1.72. The zero-order valence-corrected chi connectivity index (χ0v) is 12.5. The maximum atomic E-state index is 11.6. The van der Waals surface area contributed by atoms with Gasteiger partial charge in [-0.2, -0.15) is 0 Å². The highest BCUT2D eigenvalue weighted by molar-refractivity contribution is 5.67. The number of carbonyl (C=O) groups is 1. The van der Waals surface area contributed by atoms with E-state index in [2.05, 4.69) is 5.32 Å². The van der Waals surface area contributed by atoms with Gasteiger partial charge < -0.3 is 20.1 Å². The van der Waals surface area contributed by atoms with Crippen molar-refractivity contribution < 1.29 is 14.6 Å². The van der Waals surface area contributed by atoms with Gasteiger partial charge in [-0.15, -0.1) is 0 Å². The molecule has 0 aromatic heterocycles. The highest BCUT2D eigenvalue weighted by atomic mass is 16.6. The molecule has 0 aliphatic carbocycles. The van der Waals surface area contributed by atoms with Crippen molar-refractivity contribution in [3.8, 4) is 0 Å². The molecule has 0 radical (unpaired) electrons. The zero-order valence-electron chi connectivity index (χ0n) is 12.5. The highest BCUT2D eigenvalue weighted by Gasteiger charge is 2.22. The van der Waals surface area contributed by atoms with Gasteiger partial charge >= 0.3 is 6.09 Å². The highest BCUT2D eigenvalue weighted by Crippen LogP contribution is 2.12. The molecule has 1 amide bonds. The average molecular weight is 292 g/mol. The van der Waals surface area contributed by atoms with Gasteiger partial charge in [-0.05, 0) is 30.9 Å². The summed E-state index contributed by atoms with van der Waals surface area (Å²) in [5.41, 5.74) is 2.14. The van der Waals surface area contributed by atoms with Crippen LogP contribution in [0.25, 0.3) is 0 Å². The lowest BCUT2D eigenvalue weighted by atomic mass is 10.0. The van der Waals surface area contributed by atoms with E-state index in [9.17, 15) is 4.79 Å². The van der Waals surface area contributed by atoms with E-state index in [4.69, 9.17) is 9.84 Å². The molecule has 21 heavy (non-hydrogen) atoms. The second-order valence-corrected chi connectivity index (χ2v) is 5.32. The quantitative estimate of drug-likeness (QED) is 0.870. The van der Waals surface area contributed by atoms with Gasteiger partial charge in [0.1, 0.15) is 0 Å². The molecular formula is C16H24N2O3. The number of hydrogen-bond acceptors (Lipinski definition) is 4. The second kappa shape index (κ2) is 8.00. The molecule has 0 unspecified atom stereocenters. The first-order valence-electron chi connectivity index (χ1n) is 7.56. The fourth-order valence-electron chi connectivity index (χ4n) is 2.51. The van der Waals surface area contributed by atoms with Gasteiger partial charge in [0, 0.05) is 25.7 Å². The third kappa shape index (κ3) is 4.72. The number of carbonyl (C=O) groups excluding carboxylic acids is 1. The van der Waals surface area contributed by atoms with Crippen LogP contribution >= 0.6 is 0 Å². The van der Waals surface area contributed by atoms with Gasteiger partial charge in [0.15, 0.2) is 0 Å². The van der Waals surface area contributed by atoms with Gasteiger partial charge in [-0.25, -0.2) is 4.79 Å². The molecule has 0 saturated carbocycles. The van der Waals surface area contributed by atoms with Crippen molar-refractivity contribution >= 4 is 6.09 Å². The van der Waals surface area contributed by atoms with Crippen LogP contribution in [0, 0.1) is 0 Å². The standard InChI is InChI=1S/C16H24N2O3/c1-2-21-16(20)18-9-7-15(8-10-18)17-11-13-3-5-14(12-19)6-4-13/h3-6,15,17,19H,2,7-12H2,1H3. The first-order chi connectivity index (χ1) is 10.2. The number of amides is 1. The summed E-state index contributed by atoms with van der Waals surface area (Å²) < 4.78 is 5.01. The van der Waals surface area contributed by atoms with Crippen LogP contribution in [0.15, 0.2) is 24.3 Å². The summed E-state index contributed by atoms with van der Waals surface area (Å²) in [6.07, 6.45) is 1.71. The fraction of sp³-hybridized carbons (Fsp3) is 0.562. The number of aliphatic hydroxyl groups excluding tert-OH is 1. The number of nitrogens with one attached hydrogen (secondary N) is 1. The number of likely N-dealkylation sites (tertiary alicyclic amines) is 1. The van der Waals surface area contributed by atoms with Crippen molar-refractivity contribution in [1.29, 1.82) is 0 Å². The summed E-state index contributed by atoms with van der Waals surface area (Å²) in [4.78, 5) is 13.4. The number of aliphatic hydroxyl groups is 1. The monoisotopic (exact) mass is 292 g/mol. The predicted molar refractivity (Wildman–Crippen MR) is 80.8 cm³/mol. The second-order valence-electron chi connectivity index (χ2n) is 5.32. The molecular weight excluding hydrogens is 268 g/mol. The lowest BCUT2D eigenvalue weighted by molar-refractivity contribution is 0.0950. The summed E-state index contributed by atoms with van der Waals surface area (Å²) in [6, 6.07) is 8.40. The molecule has 1 aliphatic rings. The Bertz CT molecular complexity index is 439. The minimum absolute atomic E-state index is 0.0834. The van der Waals surface area contributed by atoms with E-state index < -0.39 is 0 Å². The molecule has 2 N–H and O–H groups in total. The molecule has 2 rings (SSSR count). The predicted octanol–water partition coefficient (Wildman–Crippen LogP) is 1.89. The Hall–Kier alpha value is -1.59.